The normalized spacial score (nSPS) is 18.4. The minimum Gasteiger partial charge on any atom is -0.340 e. The van der Waals surface area contributed by atoms with Crippen LogP contribution in [0.2, 0.25) is 0 Å². The Morgan fingerprint density at radius 3 is 1.71 bits per heavy atom. The molecule has 0 bridgehead atoms. The molecule has 1 amide bonds. The van der Waals surface area contributed by atoms with Gasteiger partial charge >= 0.3 is 23.3 Å². The van der Waals surface area contributed by atoms with Crippen molar-refractivity contribution in [3.63, 3.8) is 0 Å². The van der Waals surface area contributed by atoms with E-state index in [1.54, 1.807) is 6.92 Å². The van der Waals surface area contributed by atoms with Crippen molar-refractivity contribution in [3.8, 4) is 0 Å². The molecule has 0 radical (unpaired) electrons. The SMILES string of the molecule is CCCCC(=O)N1CCN(S(=O)(=O)C(F)(F)C(F)(F)C(F)(F)C(F)(F)F)CC1. The molecule has 1 aliphatic rings. The Kier molecular flexibility index (Phi) is 6.97. The number of alkyl halides is 9. The molecular formula is C13H17F9N2O3S. The number of sulfonamides is 1. The van der Waals surface area contributed by atoms with Crippen LogP contribution in [0.1, 0.15) is 26.2 Å². The van der Waals surface area contributed by atoms with E-state index in [2.05, 4.69) is 0 Å². The van der Waals surface area contributed by atoms with Crippen molar-refractivity contribution in [2.45, 2.75) is 49.5 Å². The van der Waals surface area contributed by atoms with Crippen molar-refractivity contribution >= 4 is 15.9 Å². The molecule has 0 aliphatic carbocycles. The molecule has 15 heteroatoms. The van der Waals surface area contributed by atoms with Crippen LogP contribution in [0.3, 0.4) is 0 Å². The van der Waals surface area contributed by atoms with Gasteiger partial charge in [-0.3, -0.25) is 4.79 Å². The number of halogens is 9. The van der Waals surface area contributed by atoms with Crippen molar-refractivity contribution < 1.29 is 52.7 Å². The van der Waals surface area contributed by atoms with Gasteiger partial charge < -0.3 is 4.90 Å². The maximum atomic E-state index is 13.8. The first-order valence-corrected chi connectivity index (χ1v) is 9.36. The minimum absolute atomic E-state index is 0.0648. The molecular weight excluding hydrogens is 435 g/mol. The molecule has 1 aliphatic heterocycles. The molecule has 5 nitrogen and oxygen atoms in total. The van der Waals surface area contributed by atoms with Gasteiger partial charge in [0.1, 0.15) is 0 Å². The summed E-state index contributed by atoms with van der Waals surface area (Å²) < 4.78 is 140. The zero-order valence-corrected chi connectivity index (χ0v) is 15.2. The standard InChI is InChI=1S/C13H17F9N2O3S/c1-2-3-4-9(25)23-5-7-24(8-6-23)28(26,27)13(21,22)11(16,17)10(14,15)12(18,19)20/h2-8H2,1H3. The van der Waals surface area contributed by atoms with E-state index in [9.17, 15) is 52.7 Å². The molecule has 28 heavy (non-hydrogen) atoms. The summed E-state index contributed by atoms with van der Waals surface area (Å²) in [6.07, 6.45) is -5.92. The van der Waals surface area contributed by atoms with Gasteiger partial charge in [-0.2, -0.15) is 43.8 Å². The average Bonchev–Trinajstić information content (AvgIpc) is 2.58. The molecule has 0 aromatic rings. The first kappa shape index (κ1) is 24.8. The summed E-state index contributed by atoms with van der Waals surface area (Å²) in [5, 5.41) is -6.74. The third kappa shape index (κ3) is 4.04. The van der Waals surface area contributed by atoms with Crippen LogP contribution in [-0.2, 0) is 14.8 Å². The van der Waals surface area contributed by atoms with E-state index in [4.69, 9.17) is 0 Å². The maximum Gasteiger partial charge on any atom is 0.460 e. The number of rotatable bonds is 7. The topological polar surface area (TPSA) is 57.7 Å². The van der Waals surface area contributed by atoms with E-state index in [0.717, 1.165) is 4.90 Å². The zero-order valence-electron chi connectivity index (χ0n) is 14.4. The lowest BCUT2D eigenvalue weighted by Crippen LogP contribution is -2.66. The fourth-order valence-electron chi connectivity index (χ4n) is 2.35. The highest BCUT2D eigenvalue weighted by atomic mass is 32.2. The second-order valence-electron chi connectivity index (χ2n) is 6.05. The summed E-state index contributed by atoms with van der Waals surface area (Å²) in [5.74, 6) is -15.0. The van der Waals surface area contributed by atoms with Crippen LogP contribution in [-0.4, -0.2) is 73.0 Å². The first-order chi connectivity index (χ1) is 12.4. The van der Waals surface area contributed by atoms with Gasteiger partial charge in [-0.25, -0.2) is 8.42 Å². The van der Waals surface area contributed by atoms with E-state index < -0.39 is 65.4 Å². The van der Waals surface area contributed by atoms with Gasteiger partial charge in [0.05, 0.1) is 0 Å². The van der Waals surface area contributed by atoms with Gasteiger partial charge in [0, 0.05) is 32.6 Å². The number of carbonyl (C=O) groups excluding carboxylic acids is 1. The first-order valence-electron chi connectivity index (χ1n) is 7.92. The molecule has 0 unspecified atom stereocenters. The van der Waals surface area contributed by atoms with Crippen LogP contribution in [0.4, 0.5) is 39.5 Å². The lowest BCUT2D eigenvalue weighted by atomic mass is 10.1. The zero-order chi connectivity index (χ0) is 22.2. The van der Waals surface area contributed by atoms with Crippen LogP contribution in [0.5, 0.6) is 0 Å². The smallest absolute Gasteiger partial charge is 0.340 e. The number of unbranched alkanes of at least 4 members (excludes halogenated alkanes) is 1. The summed E-state index contributed by atoms with van der Waals surface area (Å²) >= 11 is 0. The lowest BCUT2D eigenvalue weighted by molar-refractivity contribution is -0.382. The minimum atomic E-state index is -7.30. The highest BCUT2D eigenvalue weighted by molar-refractivity contribution is 7.90. The predicted octanol–water partition coefficient (Wildman–Crippen LogP) is 3.08. The molecule has 0 saturated carbocycles. The van der Waals surface area contributed by atoms with E-state index >= 15 is 0 Å². The summed E-state index contributed by atoms with van der Waals surface area (Å²) in [5.41, 5.74) is 0. The molecule has 0 atom stereocenters. The van der Waals surface area contributed by atoms with E-state index in [-0.39, 0.29) is 10.7 Å². The van der Waals surface area contributed by atoms with Gasteiger partial charge in [0.25, 0.3) is 10.0 Å². The van der Waals surface area contributed by atoms with Crippen molar-refractivity contribution in [1.29, 1.82) is 0 Å². The van der Waals surface area contributed by atoms with Crippen molar-refractivity contribution in [2.75, 3.05) is 26.2 Å². The number of hydrogen-bond acceptors (Lipinski definition) is 3. The van der Waals surface area contributed by atoms with Gasteiger partial charge in [0.2, 0.25) is 5.91 Å². The summed E-state index contributed by atoms with van der Waals surface area (Å²) in [4.78, 5) is 12.8. The number of amides is 1. The number of hydrogen-bond donors (Lipinski definition) is 0. The van der Waals surface area contributed by atoms with E-state index in [1.807, 2.05) is 0 Å². The second-order valence-corrected chi connectivity index (χ2v) is 8.03. The summed E-state index contributed by atoms with van der Waals surface area (Å²) in [6, 6.07) is 0. The molecule has 0 spiro atoms. The monoisotopic (exact) mass is 452 g/mol. The number of carbonyl (C=O) groups is 1. The molecule has 1 heterocycles. The van der Waals surface area contributed by atoms with E-state index in [0.29, 0.717) is 12.8 Å². The Morgan fingerprint density at radius 1 is 0.857 bits per heavy atom. The Labute approximate surface area is 154 Å². The van der Waals surface area contributed by atoms with Gasteiger partial charge in [-0.1, -0.05) is 13.3 Å². The third-order valence-corrected chi connectivity index (χ3v) is 6.06. The van der Waals surface area contributed by atoms with Gasteiger partial charge in [-0.15, -0.1) is 0 Å². The maximum absolute atomic E-state index is 13.8. The molecule has 0 aromatic carbocycles. The van der Waals surface area contributed by atoms with Gasteiger partial charge in [0.15, 0.2) is 0 Å². The molecule has 1 rings (SSSR count). The fraction of sp³-hybridized carbons (Fsp3) is 0.923. The lowest BCUT2D eigenvalue weighted by Gasteiger charge is -2.38. The van der Waals surface area contributed by atoms with Crippen molar-refractivity contribution in [1.82, 2.24) is 9.21 Å². The number of piperazine rings is 1. The number of nitrogens with zero attached hydrogens (tertiary/aromatic N) is 2. The van der Waals surface area contributed by atoms with Crippen LogP contribution < -0.4 is 0 Å². The Bertz CT molecular complexity index is 671. The van der Waals surface area contributed by atoms with Crippen LogP contribution in [0, 0.1) is 0 Å². The Hall–Kier alpha value is -1.25. The van der Waals surface area contributed by atoms with Gasteiger partial charge in [-0.05, 0) is 6.42 Å². The molecule has 0 aromatic heterocycles. The quantitative estimate of drug-likeness (QED) is 0.558. The molecule has 0 N–H and O–H groups in total. The van der Waals surface area contributed by atoms with E-state index in [1.165, 1.54) is 0 Å². The fourth-order valence-corrected chi connectivity index (χ4v) is 3.77. The Balaban J connectivity index is 3.05. The highest BCUT2D eigenvalue weighted by Crippen LogP contribution is 2.55. The van der Waals surface area contributed by atoms with Crippen LogP contribution >= 0.6 is 0 Å². The van der Waals surface area contributed by atoms with Crippen LogP contribution in [0.15, 0.2) is 0 Å². The predicted molar refractivity (Wildman–Crippen MR) is 77.5 cm³/mol. The average molecular weight is 452 g/mol. The second kappa shape index (κ2) is 7.88. The third-order valence-electron chi connectivity index (χ3n) is 4.12. The highest BCUT2D eigenvalue weighted by Gasteiger charge is 2.85. The molecule has 1 saturated heterocycles. The summed E-state index contributed by atoms with van der Waals surface area (Å²) in [7, 11) is -6.60. The molecule has 1 fully saturated rings. The molecule has 166 valence electrons. The van der Waals surface area contributed by atoms with Crippen LogP contribution in [0.25, 0.3) is 0 Å². The van der Waals surface area contributed by atoms with Crippen molar-refractivity contribution in [2.24, 2.45) is 0 Å². The Morgan fingerprint density at radius 2 is 1.32 bits per heavy atom. The largest absolute Gasteiger partial charge is 0.460 e. The van der Waals surface area contributed by atoms with Crippen molar-refractivity contribution in [3.05, 3.63) is 0 Å². The summed E-state index contributed by atoms with van der Waals surface area (Å²) in [6.45, 7) is -1.14.